The molecule has 0 saturated carbocycles. The highest BCUT2D eigenvalue weighted by molar-refractivity contribution is 5.98. The summed E-state index contributed by atoms with van der Waals surface area (Å²) in [6.07, 6.45) is 0.178. The molecule has 0 saturated heterocycles. The molecule has 0 aliphatic heterocycles. The second kappa shape index (κ2) is 20.6. The average Bonchev–Trinajstić information content (AvgIpc) is 2.99. The molecule has 16 nitrogen and oxygen atoms in total. The van der Waals surface area contributed by atoms with Gasteiger partial charge in [-0.05, 0) is 64.2 Å². The molecule has 264 valence electrons. The minimum Gasteiger partial charge on any atom is -0.445 e. The summed E-state index contributed by atoms with van der Waals surface area (Å²) in [5, 5.41) is 12.8. The van der Waals surface area contributed by atoms with Crippen molar-refractivity contribution in [1.82, 2.24) is 21.3 Å². The molecule has 0 heterocycles. The van der Waals surface area contributed by atoms with Gasteiger partial charge in [0.1, 0.15) is 18.7 Å². The normalized spacial score (nSPS) is 13.1. The van der Waals surface area contributed by atoms with Crippen molar-refractivity contribution >= 4 is 41.4 Å². The first-order chi connectivity index (χ1) is 22.0. The lowest BCUT2D eigenvalue weighted by molar-refractivity contribution is -0.132. The van der Waals surface area contributed by atoms with Crippen molar-refractivity contribution in [2.75, 3.05) is 31.6 Å². The zero-order chi connectivity index (χ0) is 35.6. The smallest absolute Gasteiger partial charge is 0.407 e. The molecule has 1 aromatic rings. The van der Waals surface area contributed by atoms with E-state index in [1.54, 1.807) is 38.1 Å². The number of hydrogen-bond acceptors (Lipinski definition) is 9. The number of ether oxygens (including phenoxy) is 3. The van der Waals surface area contributed by atoms with Crippen molar-refractivity contribution in [2.24, 2.45) is 17.4 Å². The molecule has 3 unspecified atom stereocenters. The number of nitrogens with two attached hydrogens (primary N) is 2. The summed E-state index contributed by atoms with van der Waals surface area (Å²) in [5.74, 6) is -2.21. The van der Waals surface area contributed by atoms with Crippen molar-refractivity contribution in [1.29, 1.82) is 0 Å². The lowest BCUT2D eigenvalue weighted by Gasteiger charge is -2.26. The van der Waals surface area contributed by atoms with E-state index in [4.69, 9.17) is 25.7 Å². The van der Waals surface area contributed by atoms with E-state index in [0.29, 0.717) is 43.9 Å². The van der Waals surface area contributed by atoms with Crippen molar-refractivity contribution < 1.29 is 43.0 Å². The molecule has 1 rings (SSSR count). The van der Waals surface area contributed by atoms with Crippen molar-refractivity contribution in [3.05, 3.63) is 29.8 Å². The fourth-order valence-electron chi connectivity index (χ4n) is 3.94. The Morgan fingerprint density at radius 1 is 0.872 bits per heavy atom. The largest absolute Gasteiger partial charge is 0.445 e. The van der Waals surface area contributed by atoms with Crippen LogP contribution in [-0.4, -0.2) is 85.8 Å². The van der Waals surface area contributed by atoms with Gasteiger partial charge < -0.3 is 52.3 Å². The molecule has 3 atom stereocenters. The lowest BCUT2D eigenvalue weighted by Crippen LogP contribution is -2.53. The van der Waals surface area contributed by atoms with E-state index in [0.717, 1.165) is 0 Å². The second-order valence-corrected chi connectivity index (χ2v) is 12.0. The molecule has 7 amide bonds. The van der Waals surface area contributed by atoms with Gasteiger partial charge in [0.05, 0.1) is 24.9 Å². The van der Waals surface area contributed by atoms with E-state index in [1.807, 2.05) is 20.8 Å². The average molecular weight is 666 g/mol. The van der Waals surface area contributed by atoms with Crippen LogP contribution >= 0.6 is 0 Å². The number of anilines is 1. The van der Waals surface area contributed by atoms with Gasteiger partial charge in [-0.3, -0.25) is 19.2 Å². The van der Waals surface area contributed by atoms with Gasteiger partial charge in [-0.25, -0.2) is 9.59 Å². The predicted molar refractivity (Wildman–Crippen MR) is 174 cm³/mol. The first kappa shape index (κ1) is 40.6. The Kier molecular flexibility index (Phi) is 17.8. The summed E-state index contributed by atoms with van der Waals surface area (Å²) in [7, 11) is 0. The molecule has 0 aliphatic rings. The number of nitrogens with one attached hydrogen (secondary N) is 5. The quantitative estimate of drug-likeness (QED) is 0.0926. The number of amides is 7. The van der Waals surface area contributed by atoms with Gasteiger partial charge in [-0.1, -0.05) is 26.0 Å². The molecule has 16 heteroatoms. The van der Waals surface area contributed by atoms with Gasteiger partial charge in [-0.2, -0.15) is 0 Å². The highest BCUT2D eigenvalue weighted by Gasteiger charge is 2.27. The number of primary amides is 2. The van der Waals surface area contributed by atoms with E-state index >= 15 is 0 Å². The zero-order valence-corrected chi connectivity index (χ0v) is 28.1. The van der Waals surface area contributed by atoms with E-state index in [2.05, 4.69) is 26.6 Å². The lowest BCUT2D eigenvalue weighted by atomic mass is 10.0. The summed E-state index contributed by atoms with van der Waals surface area (Å²) >= 11 is 0. The predicted octanol–water partition coefficient (Wildman–Crippen LogP) is 1.02. The van der Waals surface area contributed by atoms with E-state index in [1.165, 1.54) is 6.92 Å². The van der Waals surface area contributed by atoms with Crippen LogP contribution in [0.15, 0.2) is 24.3 Å². The van der Waals surface area contributed by atoms with Crippen molar-refractivity contribution in [3.63, 3.8) is 0 Å². The molecule has 0 aliphatic carbocycles. The Morgan fingerprint density at radius 3 is 2.13 bits per heavy atom. The topological polar surface area (TPSA) is 242 Å². The number of alkyl carbamates (subject to hydrolysis) is 1. The van der Waals surface area contributed by atoms with Gasteiger partial charge in [-0.15, -0.1) is 0 Å². The molecule has 0 spiro atoms. The third-order valence-corrected chi connectivity index (χ3v) is 6.79. The van der Waals surface area contributed by atoms with E-state index in [-0.39, 0.29) is 37.5 Å². The Labute approximate surface area is 275 Å². The maximum absolute atomic E-state index is 13.0. The molecule has 47 heavy (non-hydrogen) atoms. The standard InChI is InChI=1S/C31H51N7O9/c1-19(2)26(38-25(40)12-7-20(3)45-15-13-31(5,6)47-16-14-34-29(33)43)28(42)36-21(4)27(41)37-23-10-8-22(9-11-23)18-46-30(44)35-17-24(32)39/h8-11,19-21,26H,7,12-18H2,1-6H3,(H2,32,39)(H,35,44)(H,36,42)(H,37,41)(H,38,40)(H3,33,34,43). The maximum Gasteiger partial charge on any atom is 0.407 e. The molecular weight excluding hydrogens is 614 g/mol. The van der Waals surface area contributed by atoms with Crippen molar-refractivity contribution in [2.45, 2.75) is 91.2 Å². The van der Waals surface area contributed by atoms with Gasteiger partial charge in [0.25, 0.3) is 0 Å². The summed E-state index contributed by atoms with van der Waals surface area (Å²) < 4.78 is 16.6. The van der Waals surface area contributed by atoms with Crippen LogP contribution in [0.25, 0.3) is 0 Å². The maximum atomic E-state index is 13.0. The highest BCUT2D eigenvalue weighted by Crippen LogP contribution is 2.16. The SMILES string of the molecule is CC(CCC(=O)NC(C(=O)NC(C)C(=O)Nc1ccc(COC(=O)NCC(N)=O)cc1)C(C)C)OCCC(C)(C)OCCNC(N)=O. The summed E-state index contributed by atoms with van der Waals surface area (Å²) in [5.41, 5.74) is 10.6. The number of carbonyl (C=O) groups is 6. The van der Waals surface area contributed by atoms with Gasteiger partial charge in [0.2, 0.25) is 23.6 Å². The van der Waals surface area contributed by atoms with Crippen LogP contribution < -0.4 is 38.1 Å². The number of benzene rings is 1. The molecule has 1 aromatic carbocycles. The van der Waals surface area contributed by atoms with Crippen LogP contribution in [0.4, 0.5) is 15.3 Å². The number of carbonyl (C=O) groups excluding carboxylic acids is 6. The van der Waals surface area contributed by atoms with Crippen molar-refractivity contribution in [3.8, 4) is 0 Å². The van der Waals surface area contributed by atoms with Gasteiger partial charge in [0.15, 0.2) is 0 Å². The first-order valence-electron chi connectivity index (χ1n) is 15.5. The van der Waals surface area contributed by atoms with Crippen LogP contribution in [0.3, 0.4) is 0 Å². The zero-order valence-electron chi connectivity index (χ0n) is 28.1. The van der Waals surface area contributed by atoms with Crippen LogP contribution in [0.2, 0.25) is 0 Å². The third-order valence-electron chi connectivity index (χ3n) is 6.79. The number of rotatable bonds is 21. The third kappa shape index (κ3) is 18.3. The number of urea groups is 1. The van der Waals surface area contributed by atoms with E-state index in [9.17, 15) is 28.8 Å². The Bertz CT molecular complexity index is 1190. The summed E-state index contributed by atoms with van der Waals surface area (Å²) in [4.78, 5) is 71.4. The summed E-state index contributed by atoms with van der Waals surface area (Å²) in [6.45, 7) is 11.4. The van der Waals surface area contributed by atoms with Crippen LogP contribution in [0.1, 0.15) is 66.4 Å². The number of hydrogen-bond donors (Lipinski definition) is 7. The minimum atomic E-state index is -0.904. The molecule has 0 bridgehead atoms. The molecular formula is C31H51N7O9. The monoisotopic (exact) mass is 665 g/mol. The second-order valence-electron chi connectivity index (χ2n) is 12.0. The molecule has 0 aromatic heterocycles. The Hall–Kier alpha value is -4.44. The molecule has 0 radical (unpaired) electrons. The van der Waals surface area contributed by atoms with Crippen LogP contribution in [0.5, 0.6) is 0 Å². The molecule has 0 fully saturated rings. The highest BCUT2D eigenvalue weighted by atomic mass is 16.5. The first-order valence-corrected chi connectivity index (χ1v) is 15.5. The Balaban J connectivity index is 2.47. The fraction of sp³-hybridized carbons (Fsp3) is 0.613. The van der Waals surface area contributed by atoms with Crippen LogP contribution in [-0.2, 0) is 40.0 Å². The Morgan fingerprint density at radius 2 is 1.53 bits per heavy atom. The van der Waals surface area contributed by atoms with Gasteiger partial charge >= 0.3 is 12.1 Å². The van der Waals surface area contributed by atoms with Crippen LogP contribution in [0, 0.1) is 5.92 Å². The molecule has 9 N–H and O–H groups in total. The van der Waals surface area contributed by atoms with E-state index < -0.39 is 47.5 Å². The van der Waals surface area contributed by atoms with Gasteiger partial charge in [0, 0.05) is 25.3 Å². The fourth-order valence-corrected chi connectivity index (χ4v) is 3.94. The minimum absolute atomic E-state index is 0.0621. The summed E-state index contributed by atoms with van der Waals surface area (Å²) in [6, 6.07) is 4.13.